The van der Waals surface area contributed by atoms with Crippen molar-refractivity contribution in [2.24, 2.45) is 0 Å². The van der Waals surface area contributed by atoms with Crippen LogP contribution in [-0.2, 0) is 13.1 Å². The van der Waals surface area contributed by atoms with E-state index in [2.05, 4.69) is 10.3 Å². The van der Waals surface area contributed by atoms with E-state index in [4.69, 9.17) is 9.47 Å². The fraction of sp³-hybridized carbons (Fsp3) is 0.308. The van der Waals surface area contributed by atoms with Gasteiger partial charge >= 0.3 is 0 Å². The molecule has 0 saturated heterocycles. The lowest BCUT2D eigenvalue weighted by molar-refractivity contribution is 0.354. The summed E-state index contributed by atoms with van der Waals surface area (Å²) >= 11 is 1.61. The summed E-state index contributed by atoms with van der Waals surface area (Å²) in [5.74, 6) is 1.51. The maximum Gasteiger partial charge on any atom is 0.161 e. The Balaban J connectivity index is 1.93. The van der Waals surface area contributed by atoms with Crippen molar-refractivity contribution in [3.05, 3.63) is 40.3 Å². The van der Waals surface area contributed by atoms with Gasteiger partial charge in [0.1, 0.15) is 0 Å². The smallest absolute Gasteiger partial charge is 0.161 e. The van der Waals surface area contributed by atoms with Crippen molar-refractivity contribution >= 4 is 11.3 Å². The normalized spacial score (nSPS) is 10.3. The Morgan fingerprint density at radius 3 is 2.67 bits per heavy atom. The Kier molecular flexibility index (Phi) is 4.55. The molecule has 0 saturated carbocycles. The van der Waals surface area contributed by atoms with Gasteiger partial charge in [-0.05, 0) is 17.7 Å². The minimum absolute atomic E-state index is 0.751. The number of ether oxygens (including phenoxy) is 2. The molecule has 1 aromatic heterocycles. The standard InChI is InChI=1S/C13H16N2O2S/c1-16-12-4-3-10(5-13(12)17-2)6-14-7-11-8-18-9-15-11/h3-5,8-9,14H,6-7H2,1-2H3. The third-order valence-corrected chi connectivity index (χ3v) is 3.20. The highest BCUT2D eigenvalue weighted by Crippen LogP contribution is 2.27. The lowest BCUT2D eigenvalue weighted by Gasteiger charge is -2.09. The van der Waals surface area contributed by atoms with Crippen molar-refractivity contribution < 1.29 is 9.47 Å². The van der Waals surface area contributed by atoms with E-state index in [1.165, 1.54) is 0 Å². The molecule has 18 heavy (non-hydrogen) atoms. The highest BCUT2D eigenvalue weighted by molar-refractivity contribution is 7.07. The molecule has 0 fully saturated rings. The van der Waals surface area contributed by atoms with E-state index in [0.717, 1.165) is 35.8 Å². The predicted molar refractivity (Wildman–Crippen MR) is 72.2 cm³/mol. The molecule has 0 aliphatic carbocycles. The Bertz CT molecular complexity index is 486. The lowest BCUT2D eigenvalue weighted by atomic mass is 10.2. The molecule has 0 atom stereocenters. The first-order valence-corrected chi connectivity index (χ1v) is 6.56. The number of methoxy groups -OCH3 is 2. The van der Waals surface area contributed by atoms with Crippen LogP contribution in [0.4, 0.5) is 0 Å². The van der Waals surface area contributed by atoms with Crippen LogP contribution in [0.1, 0.15) is 11.3 Å². The molecule has 0 unspecified atom stereocenters. The van der Waals surface area contributed by atoms with Gasteiger partial charge < -0.3 is 14.8 Å². The van der Waals surface area contributed by atoms with Gasteiger partial charge in [0.2, 0.25) is 0 Å². The Labute approximate surface area is 111 Å². The molecule has 1 N–H and O–H groups in total. The Morgan fingerprint density at radius 1 is 1.17 bits per heavy atom. The van der Waals surface area contributed by atoms with Crippen LogP contribution in [0.15, 0.2) is 29.1 Å². The van der Waals surface area contributed by atoms with Gasteiger partial charge in [0.25, 0.3) is 0 Å². The van der Waals surface area contributed by atoms with Crippen LogP contribution in [0, 0.1) is 0 Å². The average molecular weight is 264 g/mol. The molecule has 5 heteroatoms. The molecule has 0 spiro atoms. The molecule has 0 radical (unpaired) electrons. The highest BCUT2D eigenvalue weighted by Gasteiger charge is 2.04. The molecule has 2 aromatic rings. The second-order valence-electron chi connectivity index (χ2n) is 3.77. The maximum atomic E-state index is 5.27. The zero-order valence-corrected chi connectivity index (χ0v) is 11.3. The molecule has 1 heterocycles. The maximum absolute atomic E-state index is 5.27. The molecular formula is C13H16N2O2S. The first kappa shape index (κ1) is 12.9. The Hall–Kier alpha value is -1.59. The van der Waals surface area contributed by atoms with Gasteiger partial charge in [-0.25, -0.2) is 4.98 Å². The first-order valence-electron chi connectivity index (χ1n) is 5.62. The van der Waals surface area contributed by atoms with Gasteiger partial charge in [0, 0.05) is 18.5 Å². The number of hydrogen-bond acceptors (Lipinski definition) is 5. The topological polar surface area (TPSA) is 43.4 Å². The van der Waals surface area contributed by atoms with Crippen LogP contribution < -0.4 is 14.8 Å². The molecule has 0 aliphatic heterocycles. The molecule has 0 aliphatic rings. The van der Waals surface area contributed by atoms with E-state index in [-0.39, 0.29) is 0 Å². The third kappa shape index (κ3) is 3.21. The van der Waals surface area contributed by atoms with Crippen molar-refractivity contribution in [1.29, 1.82) is 0 Å². The van der Waals surface area contributed by atoms with Crippen molar-refractivity contribution in [2.45, 2.75) is 13.1 Å². The van der Waals surface area contributed by atoms with E-state index in [0.29, 0.717) is 0 Å². The fourth-order valence-corrected chi connectivity index (χ4v) is 2.21. The van der Waals surface area contributed by atoms with Gasteiger partial charge in [-0.1, -0.05) is 6.07 Å². The van der Waals surface area contributed by atoms with Gasteiger partial charge in [-0.15, -0.1) is 11.3 Å². The van der Waals surface area contributed by atoms with Crippen LogP contribution >= 0.6 is 11.3 Å². The Morgan fingerprint density at radius 2 is 2.00 bits per heavy atom. The number of nitrogens with zero attached hydrogens (tertiary/aromatic N) is 1. The number of hydrogen-bond donors (Lipinski definition) is 1. The summed E-state index contributed by atoms with van der Waals surface area (Å²) < 4.78 is 10.5. The zero-order valence-electron chi connectivity index (χ0n) is 10.5. The van der Waals surface area contributed by atoms with Gasteiger partial charge in [0.15, 0.2) is 11.5 Å². The van der Waals surface area contributed by atoms with Crippen molar-refractivity contribution in [3.63, 3.8) is 0 Å². The van der Waals surface area contributed by atoms with Crippen LogP contribution in [-0.4, -0.2) is 19.2 Å². The zero-order chi connectivity index (χ0) is 12.8. The summed E-state index contributed by atoms with van der Waals surface area (Å²) in [6.45, 7) is 1.55. The summed E-state index contributed by atoms with van der Waals surface area (Å²) in [6, 6.07) is 5.92. The summed E-state index contributed by atoms with van der Waals surface area (Å²) in [6.07, 6.45) is 0. The van der Waals surface area contributed by atoms with E-state index >= 15 is 0 Å². The number of aromatic nitrogens is 1. The second kappa shape index (κ2) is 6.37. The van der Waals surface area contributed by atoms with Gasteiger partial charge in [0.05, 0.1) is 25.4 Å². The lowest BCUT2D eigenvalue weighted by Crippen LogP contribution is -2.12. The molecule has 2 rings (SSSR count). The third-order valence-electron chi connectivity index (χ3n) is 2.57. The second-order valence-corrected chi connectivity index (χ2v) is 4.49. The molecule has 0 bridgehead atoms. The van der Waals surface area contributed by atoms with Crippen molar-refractivity contribution in [2.75, 3.05) is 14.2 Å². The van der Waals surface area contributed by atoms with Crippen LogP contribution in [0.2, 0.25) is 0 Å². The molecule has 96 valence electrons. The average Bonchev–Trinajstić information content (AvgIpc) is 2.91. The van der Waals surface area contributed by atoms with Crippen LogP contribution in [0.25, 0.3) is 0 Å². The number of benzene rings is 1. The SMILES string of the molecule is COc1ccc(CNCc2cscn2)cc1OC. The van der Waals surface area contributed by atoms with Crippen LogP contribution in [0.5, 0.6) is 11.5 Å². The quantitative estimate of drug-likeness (QED) is 0.870. The summed E-state index contributed by atoms with van der Waals surface area (Å²) in [7, 11) is 3.28. The molecule has 0 amide bonds. The van der Waals surface area contributed by atoms with E-state index in [1.54, 1.807) is 25.6 Å². The van der Waals surface area contributed by atoms with E-state index in [1.807, 2.05) is 29.1 Å². The van der Waals surface area contributed by atoms with Crippen LogP contribution in [0.3, 0.4) is 0 Å². The highest BCUT2D eigenvalue weighted by atomic mass is 32.1. The summed E-state index contributed by atoms with van der Waals surface area (Å²) in [4.78, 5) is 4.22. The monoisotopic (exact) mass is 264 g/mol. The minimum Gasteiger partial charge on any atom is -0.493 e. The van der Waals surface area contributed by atoms with E-state index < -0.39 is 0 Å². The molecular weight excluding hydrogens is 248 g/mol. The van der Waals surface area contributed by atoms with Crippen molar-refractivity contribution in [1.82, 2.24) is 10.3 Å². The van der Waals surface area contributed by atoms with Gasteiger partial charge in [-0.3, -0.25) is 0 Å². The number of rotatable bonds is 6. The minimum atomic E-state index is 0.751. The van der Waals surface area contributed by atoms with Gasteiger partial charge in [-0.2, -0.15) is 0 Å². The number of nitrogens with one attached hydrogen (secondary N) is 1. The fourth-order valence-electron chi connectivity index (χ4n) is 1.65. The predicted octanol–water partition coefficient (Wildman–Crippen LogP) is 2.45. The molecule has 1 aromatic carbocycles. The summed E-state index contributed by atoms with van der Waals surface area (Å²) in [5.41, 5.74) is 4.07. The molecule has 4 nitrogen and oxygen atoms in total. The van der Waals surface area contributed by atoms with E-state index in [9.17, 15) is 0 Å². The number of thiazole rings is 1. The summed E-state index contributed by atoms with van der Waals surface area (Å²) in [5, 5.41) is 5.38. The van der Waals surface area contributed by atoms with Crippen molar-refractivity contribution in [3.8, 4) is 11.5 Å². The first-order chi connectivity index (χ1) is 8.83. The largest absolute Gasteiger partial charge is 0.493 e.